The zero-order valence-corrected chi connectivity index (χ0v) is 14.9. The molecule has 1 amide bonds. The summed E-state index contributed by atoms with van der Waals surface area (Å²) in [6, 6.07) is 10.4. The molecule has 1 N–H and O–H groups in total. The Hall–Kier alpha value is -2.10. The van der Waals surface area contributed by atoms with Crippen LogP contribution >= 0.6 is 11.3 Å². The minimum absolute atomic E-state index is 0.0528. The maximum atomic E-state index is 12.0. The number of piperidine rings is 1. The number of thiophene rings is 1. The van der Waals surface area contributed by atoms with Gasteiger partial charge in [-0.25, -0.2) is 0 Å². The Morgan fingerprint density at radius 1 is 1.38 bits per heavy atom. The van der Waals surface area contributed by atoms with Gasteiger partial charge in [0.2, 0.25) is 0 Å². The van der Waals surface area contributed by atoms with Crippen molar-refractivity contribution in [1.29, 1.82) is 5.26 Å². The van der Waals surface area contributed by atoms with Crippen LogP contribution in [-0.2, 0) is 13.6 Å². The van der Waals surface area contributed by atoms with Crippen LogP contribution in [0, 0.1) is 11.3 Å². The van der Waals surface area contributed by atoms with Crippen molar-refractivity contribution in [2.75, 3.05) is 13.6 Å². The molecule has 1 saturated heterocycles. The second-order valence-corrected chi connectivity index (χ2v) is 7.31. The lowest BCUT2D eigenvalue weighted by Crippen LogP contribution is -2.34. The summed E-state index contributed by atoms with van der Waals surface area (Å²) >= 11 is 1.57. The highest BCUT2D eigenvalue weighted by atomic mass is 32.1. The molecule has 1 unspecified atom stereocenters. The normalized spacial score (nSPS) is 18.3. The molecule has 1 atom stereocenters. The van der Waals surface area contributed by atoms with Crippen molar-refractivity contribution in [3.8, 4) is 6.07 Å². The van der Waals surface area contributed by atoms with Crippen LogP contribution in [0.4, 0.5) is 0 Å². The van der Waals surface area contributed by atoms with Gasteiger partial charge >= 0.3 is 0 Å². The van der Waals surface area contributed by atoms with Gasteiger partial charge in [0.1, 0.15) is 16.6 Å². The largest absolute Gasteiger partial charge is 0.354 e. The average molecular weight is 342 g/mol. The van der Waals surface area contributed by atoms with E-state index in [0.717, 1.165) is 24.4 Å². The number of amides is 1. The number of nitrogens with zero attached hydrogens (tertiary/aromatic N) is 3. The molecule has 2 aromatic rings. The van der Waals surface area contributed by atoms with E-state index in [1.54, 1.807) is 18.4 Å². The number of nitrogens with one attached hydrogen (secondary N) is 1. The fourth-order valence-corrected chi connectivity index (χ4v) is 4.29. The number of likely N-dealkylation sites (tertiary alicyclic amines) is 1. The van der Waals surface area contributed by atoms with Gasteiger partial charge in [0.05, 0.1) is 6.04 Å². The van der Waals surface area contributed by atoms with E-state index in [4.69, 9.17) is 5.26 Å². The van der Waals surface area contributed by atoms with Crippen molar-refractivity contribution < 1.29 is 4.79 Å². The maximum absolute atomic E-state index is 12.0. The van der Waals surface area contributed by atoms with E-state index >= 15 is 0 Å². The first-order chi connectivity index (χ1) is 11.6. The van der Waals surface area contributed by atoms with Gasteiger partial charge in [-0.1, -0.05) is 6.42 Å². The molecule has 5 nitrogen and oxygen atoms in total. The molecule has 1 fully saturated rings. The van der Waals surface area contributed by atoms with Gasteiger partial charge in [-0.15, -0.1) is 11.3 Å². The van der Waals surface area contributed by atoms with Crippen LogP contribution in [0.25, 0.3) is 0 Å². The minimum Gasteiger partial charge on any atom is -0.354 e. The number of hydrogen-bond donors (Lipinski definition) is 1. The van der Waals surface area contributed by atoms with E-state index in [2.05, 4.69) is 28.4 Å². The third kappa shape index (κ3) is 3.23. The molecule has 1 aliphatic rings. The third-order valence-electron chi connectivity index (χ3n) is 4.71. The summed E-state index contributed by atoms with van der Waals surface area (Å²) in [5, 5.41) is 11.7. The van der Waals surface area contributed by atoms with Crippen LogP contribution in [0.2, 0.25) is 0 Å². The minimum atomic E-state index is -0.0528. The Balaban J connectivity index is 1.83. The lowest BCUT2D eigenvalue weighted by Gasteiger charge is -2.36. The Morgan fingerprint density at radius 2 is 2.21 bits per heavy atom. The molecule has 0 bridgehead atoms. The van der Waals surface area contributed by atoms with E-state index in [-0.39, 0.29) is 5.91 Å². The van der Waals surface area contributed by atoms with Crippen molar-refractivity contribution in [1.82, 2.24) is 14.8 Å². The van der Waals surface area contributed by atoms with Gasteiger partial charge < -0.3 is 9.88 Å². The first-order valence-corrected chi connectivity index (χ1v) is 9.06. The van der Waals surface area contributed by atoms with Gasteiger partial charge in [-0.2, -0.15) is 5.26 Å². The monoisotopic (exact) mass is 342 g/mol. The average Bonchev–Trinajstić information content (AvgIpc) is 3.21. The zero-order valence-electron chi connectivity index (χ0n) is 14.1. The highest BCUT2D eigenvalue weighted by molar-refractivity contribution is 7.12. The lowest BCUT2D eigenvalue weighted by molar-refractivity contribution is 0.0952. The predicted molar refractivity (Wildman–Crippen MR) is 94.8 cm³/mol. The predicted octanol–water partition coefficient (Wildman–Crippen LogP) is 3.05. The molecule has 24 heavy (non-hydrogen) atoms. The van der Waals surface area contributed by atoms with Gasteiger partial charge in [0, 0.05) is 31.2 Å². The van der Waals surface area contributed by atoms with Crippen molar-refractivity contribution in [2.24, 2.45) is 7.05 Å². The fourth-order valence-electron chi connectivity index (χ4n) is 3.46. The number of carbonyl (C=O) groups excluding carboxylic acids is 1. The molecule has 0 aliphatic carbocycles. The Bertz CT molecular complexity index is 770. The number of rotatable bonds is 4. The summed E-state index contributed by atoms with van der Waals surface area (Å²) in [5.41, 5.74) is 1.88. The van der Waals surface area contributed by atoms with Crippen molar-refractivity contribution in [3.63, 3.8) is 0 Å². The number of carbonyl (C=O) groups is 1. The molecule has 2 aromatic heterocycles. The van der Waals surface area contributed by atoms with E-state index in [1.165, 1.54) is 23.4 Å². The zero-order chi connectivity index (χ0) is 17.1. The highest BCUT2D eigenvalue weighted by Crippen LogP contribution is 2.33. The second kappa shape index (κ2) is 7.20. The van der Waals surface area contributed by atoms with Gasteiger partial charge in [0.25, 0.3) is 5.91 Å². The fraction of sp³-hybridized carbons (Fsp3) is 0.444. The van der Waals surface area contributed by atoms with Gasteiger partial charge in [0.15, 0.2) is 0 Å². The van der Waals surface area contributed by atoms with Crippen LogP contribution < -0.4 is 5.32 Å². The van der Waals surface area contributed by atoms with E-state index in [9.17, 15) is 4.79 Å². The molecular weight excluding hydrogens is 320 g/mol. The van der Waals surface area contributed by atoms with Crippen LogP contribution in [0.5, 0.6) is 0 Å². The Labute approximate surface area is 146 Å². The molecule has 126 valence electrons. The first kappa shape index (κ1) is 16.7. The standard InChI is InChI=1S/C18H22N4OS/c1-20-18(23)17-9-8-15(21(17)2)16-5-3-4-10-22(16)12-14-7-6-13(11-19)24-14/h6-9,16H,3-5,10,12H2,1-2H3,(H,20,23). The third-order valence-corrected chi connectivity index (χ3v) is 5.68. The molecule has 1 aliphatic heterocycles. The van der Waals surface area contributed by atoms with Crippen LogP contribution in [0.15, 0.2) is 24.3 Å². The van der Waals surface area contributed by atoms with Crippen LogP contribution in [-0.4, -0.2) is 29.0 Å². The second-order valence-electron chi connectivity index (χ2n) is 6.14. The van der Waals surface area contributed by atoms with Gasteiger partial charge in [-0.3, -0.25) is 9.69 Å². The van der Waals surface area contributed by atoms with Crippen LogP contribution in [0.1, 0.15) is 51.2 Å². The molecule has 0 saturated carbocycles. The summed E-state index contributed by atoms with van der Waals surface area (Å²) in [4.78, 5) is 16.4. The first-order valence-electron chi connectivity index (χ1n) is 8.24. The lowest BCUT2D eigenvalue weighted by atomic mass is 9.99. The van der Waals surface area contributed by atoms with Crippen LogP contribution in [0.3, 0.4) is 0 Å². The van der Waals surface area contributed by atoms with Crippen molar-refractivity contribution in [3.05, 3.63) is 45.4 Å². The SMILES string of the molecule is CNC(=O)c1ccc(C2CCCCN2Cc2ccc(C#N)s2)n1C. The quantitative estimate of drug-likeness (QED) is 0.929. The van der Waals surface area contributed by atoms with E-state index in [0.29, 0.717) is 11.7 Å². The molecular formula is C18H22N4OS. The number of aromatic nitrogens is 1. The number of nitriles is 1. The molecule has 0 spiro atoms. The molecule has 0 aromatic carbocycles. The summed E-state index contributed by atoms with van der Waals surface area (Å²) in [7, 11) is 3.62. The molecule has 3 heterocycles. The highest BCUT2D eigenvalue weighted by Gasteiger charge is 2.27. The number of hydrogen-bond acceptors (Lipinski definition) is 4. The Kier molecular flexibility index (Phi) is 5.03. The van der Waals surface area contributed by atoms with E-state index in [1.807, 2.05) is 23.7 Å². The van der Waals surface area contributed by atoms with Crippen molar-refractivity contribution in [2.45, 2.75) is 31.8 Å². The maximum Gasteiger partial charge on any atom is 0.267 e. The summed E-state index contributed by atoms with van der Waals surface area (Å²) in [6.45, 7) is 1.91. The van der Waals surface area contributed by atoms with Crippen molar-refractivity contribution >= 4 is 17.2 Å². The topological polar surface area (TPSA) is 61.1 Å². The van der Waals surface area contributed by atoms with E-state index < -0.39 is 0 Å². The summed E-state index contributed by atoms with van der Waals surface area (Å²) in [6.07, 6.45) is 3.50. The molecule has 6 heteroatoms. The smallest absolute Gasteiger partial charge is 0.267 e. The summed E-state index contributed by atoms with van der Waals surface area (Å²) < 4.78 is 2.01. The Morgan fingerprint density at radius 3 is 2.92 bits per heavy atom. The molecule has 3 rings (SSSR count). The summed E-state index contributed by atoms with van der Waals surface area (Å²) in [5.74, 6) is -0.0528. The molecule has 0 radical (unpaired) electrons. The van der Waals surface area contributed by atoms with Gasteiger partial charge in [-0.05, 0) is 43.7 Å².